The summed E-state index contributed by atoms with van der Waals surface area (Å²) >= 11 is 1.64. The van der Waals surface area contributed by atoms with Crippen LogP contribution in [-0.2, 0) is 11.3 Å². The monoisotopic (exact) mass is 292 g/mol. The van der Waals surface area contributed by atoms with Gasteiger partial charge in [-0.1, -0.05) is 16.7 Å². The Bertz CT molecular complexity index is 615. The Morgan fingerprint density at radius 3 is 2.75 bits per heavy atom. The number of hydrogen-bond acceptors (Lipinski definition) is 6. The van der Waals surface area contributed by atoms with Gasteiger partial charge in [0.25, 0.3) is 5.65 Å². The molecular weight excluding hydrogens is 274 g/mol. The maximum Gasteiger partial charge on any atom is 0.300 e. The van der Waals surface area contributed by atoms with Gasteiger partial charge in [-0.05, 0) is 13.2 Å². The Balaban J connectivity index is 2.20. The van der Waals surface area contributed by atoms with Gasteiger partial charge in [0.2, 0.25) is 5.82 Å². The zero-order valence-electron chi connectivity index (χ0n) is 11.7. The molecule has 2 aromatic rings. The lowest BCUT2D eigenvalue weighted by atomic mass is 10.3. The SMILES string of the molecule is CC[n+]1c(SC)nc(N2CCOCC2)c2nccnc21. The molecule has 0 saturated carbocycles. The van der Waals surface area contributed by atoms with Gasteiger partial charge in [-0.2, -0.15) is 0 Å². The van der Waals surface area contributed by atoms with Crippen LogP contribution >= 0.6 is 11.8 Å². The molecule has 0 bridgehead atoms. The van der Waals surface area contributed by atoms with E-state index in [2.05, 4.69) is 26.4 Å². The van der Waals surface area contributed by atoms with Gasteiger partial charge in [0.05, 0.1) is 26.0 Å². The van der Waals surface area contributed by atoms with Gasteiger partial charge in [0, 0.05) is 13.1 Å². The fourth-order valence-electron chi connectivity index (χ4n) is 2.42. The molecule has 3 heterocycles. The molecule has 106 valence electrons. The van der Waals surface area contributed by atoms with E-state index in [1.54, 1.807) is 24.2 Å². The highest BCUT2D eigenvalue weighted by molar-refractivity contribution is 7.98. The largest absolute Gasteiger partial charge is 0.378 e. The molecule has 1 aliphatic rings. The van der Waals surface area contributed by atoms with Crippen LogP contribution in [0.1, 0.15) is 6.92 Å². The highest BCUT2D eigenvalue weighted by atomic mass is 32.2. The Hall–Kier alpha value is -1.47. The van der Waals surface area contributed by atoms with Crippen LogP contribution in [0, 0.1) is 0 Å². The molecule has 0 unspecified atom stereocenters. The smallest absolute Gasteiger partial charge is 0.300 e. The molecule has 2 aromatic heterocycles. The topological polar surface area (TPSA) is 55.0 Å². The number of anilines is 1. The molecule has 0 atom stereocenters. The van der Waals surface area contributed by atoms with Crippen LogP contribution < -0.4 is 9.47 Å². The standard InChI is InChI=1S/C13H18N5OS/c1-3-18-11-10(14-4-5-15-11)12(16-13(18)20-2)17-6-8-19-9-7-17/h4-5H,3,6-9H2,1-2H3/q+1. The van der Waals surface area contributed by atoms with Crippen LogP contribution in [0.5, 0.6) is 0 Å². The van der Waals surface area contributed by atoms with Gasteiger partial charge in [-0.15, -0.1) is 4.98 Å². The number of thioether (sulfide) groups is 1. The van der Waals surface area contributed by atoms with E-state index < -0.39 is 0 Å². The number of ether oxygens (including phenoxy) is 1. The summed E-state index contributed by atoms with van der Waals surface area (Å²) in [5.41, 5.74) is 1.77. The molecule has 1 aliphatic heterocycles. The maximum atomic E-state index is 5.42. The fraction of sp³-hybridized carbons (Fsp3) is 0.538. The van der Waals surface area contributed by atoms with Crippen molar-refractivity contribution < 1.29 is 9.30 Å². The minimum atomic E-state index is 0.737. The first-order chi connectivity index (χ1) is 9.85. The lowest BCUT2D eigenvalue weighted by Gasteiger charge is -2.26. The van der Waals surface area contributed by atoms with Crippen molar-refractivity contribution in [3.63, 3.8) is 0 Å². The van der Waals surface area contributed by atoms with Gasteiger partial charge in [-0.3, -0.25) is 0 Å². The summed E-state index contributed by atoms with van der Waals surface area (Å²) < 4.78 is 7.53. The zero-order valence-corrected chi connectivity index (χ0v) is 12.6. The lowest BCUT2D eigenvalue weighted by molar-refractivity contribution is -0.710. The summed E-state index contributed by atoms with van der Waals surface area (Å²) in [7, 11) is 0. The van der Waals surface area contributed by atoms with E-state index in [9.17, 15) is 0 Å². The average molecular weight is 292 g/mol. The van der Waals surface area contributed by atoms with Crippen molar-refractivity contribution in [3.8, 4) is 0 Å². The average Bonchev–Trinajstić information content (AvgIpc) is 2.54. The molecule has 20 heavy (non-hydrogen) atoms. The molecule has 0 N–H and O–H groups in total. The van der Waals surface area contributed by atoms with Crippen molar-refractivity contribution in [1.29, 1.82) is 0 Å². The molecule has 0 spiro atoms. The molecular formula is C13H18N5OS+. The number of nitrogens with zero attached hydrogens (tertiary/aromatic N) is 5. The minimum Gasteiger partial charge on any atom is -0.378 e. The second-order valence-electron chi connectivity index (χ2n) is 4.49. The summed E-state index contributed by atoms with van der Waals surface area (Å²) in [5.74, 6) is 0.922. The van der Waals surface area contributed by atoms with E-state index in [-0.39, 0.29) is 0 Å². The van der Waals surface area contributed by atoms with E-state index in [4.69, 9.17) is 9.72 Å². The molecule has 0 radical (unpaired) electrons. The predicted molar refractivity (Wildman–Crippen MR) is 78.0 cm³/mol. The van der Waals surface area contributed by atoms with Crippen molar-refractivity contribution in [3.05, 3.63) is 12.4 Å². The first kappa shape index (κ1) is 13.5. The molecule has 7 heteroatoms. The van der Waals surface area contributed by atoms with E-state index in [1.165, 1.54) is 0 Å². The number of aryl methyl sites for hydroxylation is 1. The Morgan fingerprint density at radius 2 is 2.05 bits per heavy atom. The molecule has 1 saturated heterocycles. The van der Waals surface area contributed by atoms with Crippen LogP contribution in [0.3, 0.4) is 0 Å². The normalized spacial score (nSPS) is 15.8. The van der Waals surface area contributed by atoms with Gasteiger partial charge < -0.3 is 9.64 Å². The number of rotatable bonds is 3. The van der Waals surface area contributed by atoms with E-state index >= 15 is 0 Å². The third kappa shape index (κ3) is 2.31. The molecule has 3 rings (SSSR count). The number of aromatic nitrogens is 4. The van der Waals surface area contributed by atoms with Crippen LogP contribution in [0.2, 0.25) is 0 Å². The molecule has 0 aromatic carbocycles. The number of morpholine rings is 1. The van der Waals surface area contributed by atoms with Gasteiger partial charge >= 0.3 is 5.16 Å². The predicted octanol–water partition coefficient (Wildman–Crippen LogP) is 0.891. The van der Waals surface area contributed by atoms with Crippen LogP contribution in [0.25, 0.3) is 11.2 Å². The summed E-state index contributed by atoms with van der Waals surface area (Å²) in [5, 5.41) is 0.974. The van der Waals surface area contributed by atoms with Crippen molar-refractivity contribution in [2.45, 2.75) is 18.6 Å². The highest BCUT2D eigenvalue weighted by Crippen LogP contribution is 2.23. The number of hydrogen-bond donors (Lipinski definition) is 0. The lowest BCUT2D eigenvalue weighted by Crippen LogP contribution is -2.42. The van der Waals surface area contributed by atoms with Crippen molar-refractivity contribution in [2.24, 2.45) is 0 Å². The molecule has 0 aliphatic carbocycles. The second-order valence-corrected chi connectivity index (χ2v) is 5.27. The first-order valence-electron chi connectivity index (χ1n) is 6.76. The molecule has 0 amide bonds. The third-order valence-corrected chi connectivity index (χ3v) is 4.07. The Morgan fingerprint density at radius 1 is 1.30 bits per heavy atom. The van der Waals surface area contributed by atoms with E-state index in [1.807, 2.05) is 6.26 Å². The van der Waals surface area contributed by atoms with Crippen molar-refractivity contribution in [1.82, 2.24) is 15.0 Å². The van der Waals surface area contributed by atoms with Crippen molar-refractivity contribution >= 4 is 28.7 Å². The molecule has 6 nitrogen and oxygen atoms in total. The first-order valence-corrected chi connectivity index (χ1v) is 7.99. The quantitative estimate of drug-likeness (QED) is 0.476. The van der Waals surface area contributed by atoms with E-state index in [0.717, 1.165) is 55.0 Å². The van der Waals surface area contributed by atoms with Crippen molar-refractivity contribution in [2.75, 3.05) is 37.5 Å². The van der Waals surface area contributed by atoms with Crippen LogP contribution in [0.4, 0.5) is 5.82 Å². The second kappa shape index (κ2) is 5.88. The zero-order chi connectivity index (χ0) is 13.9. The summed E-state index contributed by atoms with van der Waals surface area (Å²) in [6.07, 6.45) is 5.51. The number of fused-ring (bicyclic) bond motifs is 1. The van der Waals surface area contributed by atoms with Gasteiger partial charge in [0.15, 0.2) is 5.52 Å². The minimum absolute atomic E-state index is 0.737. The fourth-order valence-corrected chi connectivity index (χ4v) is 3.03. The summed E-state index contributed by atoms with van der Waals surface area (Å²) in [4.78, 5) is 16.1. The Kier molecular flexibility index (Phi) is 3.98. The highest BCUT2D eigenvalue weighted by Gasteiger charge is 2.25. The molecule has 1 fully saturated rings. The summed E-state index contributed by atoms with van der Waals surface area (Å²) in [6.45, 7) is 6.11. The maximum absolute atomic E-state index is 5.42. The van der Waals surface area contributed by atoms with Crippen LogP contribution in [0.15, 0.2) is 17.6 Å². The van der Waals surface area contributed by atoms with Gasteiger partial charge in [0.1, 0.15) is 6.20 Å². The van der Waals surface area contributed by atoms with Crippen LogP contribution in [-0.4, -0.2) is 47.5 Å². The Labute approximate surface area is 122 Å². The van der Waals surface area contributed by atoms with E-state index in [0.29, 0.717) is 0 Å². The third-order valence-electron chi connectivity index (χ3n) is 3.39. The van der Waals surface area contributed by atoms with Gasteiger partial charge in [-0.25, -0.2) is 9.55 Å². The summed E-state index contributed by atoms with van der Waals surface area (Å²) in [6, 6.07) is 0.